The Kier molecular flexibility index (Phi) is 3.06. The summed E-state index contributed by atoms with van der Waals surface area (Å²) < 4.78 is 3.38. The Morgan fingerprint density at radius 3 is 2.76 bits per heavy atom. The normalized spacial score (nSPS) is 10.9. The molecule has 0 saturated heterocycles. The number of aromatic nitrogens is 3. The summed E-state index contributed by atoms with van der Waals surface area (Å²) in [4.78, 5) is 27.6. The monoisotopic (exact) mass is 283 g/mol. The van der Waals surface area contributed by atoms with E-state index in [9.17, 15) is 14.7 Å². The molecule has 6 nitrogen and oxygen atoms in total. The third-order valence-corrected chi connectivity index (χ3v) is 3.49. The van der Waals surface area contributed by atoms with Gasteiger partial charge in [-0.3, -0.25) is 4.79 Å². The van der Waals surface area contributed by atoms with E-state index in [1.165, 1.54) is 6.07 Å². The number of hydrogen-bond donors (Lipinski definition) is 1. The van der Waals surface area contributed by atoms with Crippen molar-refractivity contribution in [3.63, 3.8) is 0 Å². The molecule has 0 aliphatic heterocycles. The molecule has 6 heteroatoms. The lowest BCUT2D eigenvalue weighted by atomic mass is 10.1. The highest BCUT2D eigenvalue weighted by atomic mass is 16.4. The lowest BCUT2D eigenvalue weighted by Gasteiger charge is -2.12. The number of nitrogens with zero attached hydrogens (tertiary/aromatic N) is 3. The number of para-hydroxylation sites is 1. The van der Waals surface area contributed by atoms with Gasteiger partial charge in [-0.05, 0) is 6.07 Å². The van der Waals surface area contributed by atoms with Crippen molar-refractivity contribution in [3.05, 3.63) is 64.5 Å². The number of fused-ring (bicyclic) bond motifs is 1. The maximum Gasteiger partial charge on any atom is 0.336 e. The molecule has 21 heavy (non-hydrogen) atoms. The minimum Gasteiger partial charge on any atom is -0.478 e. The van der Waals surface area contributed by atoms with Gasteiger partial charge in [0, 0.05) is 24.7 Å². The zero-order chi connectivity index (χ0) is 15.0. The van der Waals surface area contributed by atoms with Crippen molar-refractivity contribution in [2.45, 2.75) is 6.54 Å². The second kappa shape index (κ2) is 4.90. The Bertz CT molecular complexity index is 893. The summed E-state index contributed by atoms with van der Waals surface area (Å²) in [6, 6.07) is 8.17. The Balaban J connectivity index is 2.26. The average Bonchev–Trinajstić information content (AvgIpc) is 2.86. The van der Waals surface area contributed by atoms with Crippen LogP contribution < -0.4 is 5.56 Å². The third-order valence-electron chi connectivity index (χ3n) is 3.49. The zero-order valence-corrected chi connectivity index (χ0v) is 11.4. The molecule has 0 aliphatic rings. The number of imidazole rings is 1. The Labute approximate surface area is 119 Å². The van der Waals surface area contributed by atoms with Crippen molar-refractivity contribution in [1.29, 1.82) is 0 Å². The number of hydrogen-bond acceptors (Lipinski definition) is 3. The molecule has 0 unspecified atom stereocenters. The molecular weight excluding hydrogens is 270 g/mol. The number of rotatable bonds is 3. The number of carboxylic acids is 1. The van der Waals surface area contributed by atoms with Crippen LogP contribution in [0.1, 0.15) is 16.1 Å². The lowest BCUT2D eigenvalue weighted by molar-refractivity contribution is 0.0698. The van der Waals surface area contributed by atoms with Crippen LogP contribution in [0.3, 0.4) is 0 Å². The van der Waals surface area contributed by atoms with E-state index in [4.69, 9.17) is 0 Å². The number of benzene rings is 1. The molecule has 0 aliphatic carbocycles. The summed E-state index contributed by atoms with van der Waals surface area (Å²) in [7, 11) is 1.85. The highest BCUT2D eigenvalue weighted by Gasteiger charge is 2.14. The first kappa shape index (κ1) is 13.1. The van der Waals surface area contributed by atoms with Crippen molar-refractivity contribution in [2.24, 2.45) is 7.05 Å². The molecular formula is C15H13N3O3. The Morgan fingerprint density at radius 1 is 1.33 bits per heavy atom. The minimum atomic E-state index is -1.10. The fraction of sp³-hybridized carbons (Fsp3) is 0.133. The summed E-state index contributed by atoms with van der Waals surface area (Å²) in [5, 5.41) is 9.78. The predicted molar refractivity (Wildman–Crippen MR) is 77.5 cm³/mol. The summed E-state index contributed by atoms with van der Waals surface area (Å²) in [6.45, 7) is 0.343. The molecule has 0 amide bonds. The largest absolute Gasteiger partial charge is 0.478 e. The van der Waals surface area contributed by atoms with Crippen molar-refractivity contribution in [3.8, 4) is 0 Å². The van der Waals surface area contributed by atoms with Gasteiger partial charge in [0.25, 0.3) is 5.56 Å². The Morgan fingerprint density at radius 2 is 2.10 bits per heavy atom. The number of carboxylic acid groups (broad SMARTS) is 1. The maximum atomic E-state index is 12.3. The van der Waals surface area contributed by atoms with Crippen LogP contribution in [0.2, 0.25) is 0 Å². The van der Waals surface area contributed by atoms with Crippen molar-refractivity contribution >= 4 is 16.9 Å². The zero-order valence-electron chi connectivity index (χ0n) is 11.4. The van der Waals surface area contributed by atoms with Gasteiger partial charge in [0.05, 0.1) is 29.6 Å². The highest BCUT2D eigenvalue weighted by molar-refractivity contribution is 6.02. The maximum absolute atomic E-state index is 12.3. The van der Waals surface area contributed by atoms with Gasteiger partial charge >= 0.3 is 5.97 Å². The van der Waals surface area contributed by atoms with Gasteiger partial charge in [-0.25, -0.2) is 9.78 Å². The molecule has 3 aromatic rings. The van der Waals surface area contributed by atoms with Gasteiger partial charge in [-0.15, -0.1) is 0 Å². The Hall–Kier alpha value is -2.89. The molecule has 1 aromatic carbocycles. The molecule has 0 bridgehead atoms. The topological polar surface area (TPSA) is 77.1 Å². The quantitative estimate of drug-likeness (QED) is 0.790. The molecule has 0 saturated carbocycles. The first-order valence-corrected chi connectivity index (χ1v) is 6.39. The first-order valence-electron chi connectivity index (χ1n) is 6.39. The van der Waals surface area contributed by atoms with Gasteiger partial charge < -0.3 is 14.2 Å². The van der Waals surface area contributed by atoms with E-state index in [-0.39, 0.29) is 11.1 Å². The van der Waals surface area contributed by atoms with Crippen LogP contribution in [-0.4, -0.2) is 25.2 Å². The number of aryl methyl sites for hydroxylation is 1. The van der Waals surface area contributed by atoms with Crippen LogP contribution in [0.4, 0.5) is 0 Å². The van der Waals surface area contributed by atoms with Crippen LogP contribution >= 0.6 is 0 Å². The molecule has 0 radical (unpaired) electrons. The molecule has 2 heterocycles. The SMILES string of the molecule is Cn1cncc1Cn1c(=O)cc(C(=O)O)c2ccccc21. The molecule has 0 fully saturated rings. The third kappa shape index (κ3) is 2.20. The van der Waals surface area contributed by atoms with Crippen molar-refractivity contribution in [2.75, 3.05) is 0 Å². The average molecular weight is 283 g/mol. The van der Waals surface area contributed by atoms with E-state index < -0.39 is 5.97 Å². The summed E-state index contributed by atoms with van der Waals surface area (Å²) in [5.41, 5.74) is 1.15. The van der Waals surface area contributed by atoms with Gasteiger partial charge in [-0.2, -0.15) is 0 Å². The second-order valence-electron chi connectivity index (χ2n) is 4.80. The number of pyridine rings is 1. The lowest BCUT2D eigenvalue weighted by Crippen LogP contribution is -2.23. The van der Waals surface area contributed by atoms with Gasteiger partial charge in [0.2, 0.25) is 0 Å². The van der Waals surface area contributed by atoms with Crippen LogP contribution in [0.25, 0.3) is 10.9 Å². The molecule has 3 rings (SSSR count). The van der Waals surface area contributed by atoms with E-state index in [0.29, 0.717) is 17.4 Å². The fourth-order valence-electron chi connectivity index (χ4n) is 2.37. The number of aromatic carboxylic acids is 1. The van der Waals surface area contributed by atoms with Crippen LogP contribution in [0, 0.1) is 0 Å². The van der Waals surface area contributed by atoms with Gasteiger partial charge in [-0.1, -0.05) is 18.2 Å². The van der Waals surface area contributed by atoms with E-state index in [2.05, 4.69) is 4.98 Å². The minimum absolute atomic E-state index is 0.0249. The van der Waals surface area contributed by atoms with Crippen LogP contribution in [0.5, 0.6) is 0 Å². The molecule has 1 N–H and O–H groups in total. The van der Waals surface area contributed by atoms with Gasteiger partial charge in [0.15, 0.2) is 0 Å². The van der Waals surface area contributed by atoms with Gasteiger partial charge in [0.1, 0.15) is 0 Å². The number of carbonyl (C=O) groups is 1. The molecule has 2 aromatic heterocycles. The summed E-state index contributed by atoms with van der Waals surface area (Å²) >= 11 is 0. The molecule has 0 spiro atoms. The summed E-state index contributed by atoms with van der Waals surface area (Å²) in [5.74, 6) is -1.10. The van der Waals surface area contributed by atoms with E-state index >= 15 is 0 Å². The first-order chi connectivity index (χ1) is 10.1. The fourth-order valence-corrected chi connectivity index (χ4v) is 2.37. The van der Waals surface area contributed by atoms with E-state index in [0.717, 1.165) is 5.69 Å². The molecule has 0 atom stereocenters. The second-order valence-corrected chi connectivity index (χ2v) is 4.80. The van der Waals surface area contributed by atoms with Crippen molar-refractivity contribution < 1.29 is 9.90 Å². The standard InChI is InChI=1S/C15H13N3O3/c1-17-9-16-7-10(17)8-18-13-5-3-2-4-11(13)12(15(20)21)6-14(18)19/h2-7,9H,8H2,1H3,(H,20,21). The van der Waals surface area contributed by atoms with Crippen molar-refractivity contribution in [1.82, 2.24) is 14.1 Å². The highest BCUT2D eigenvalue weighted by Crippen LogP contribution is 2.17. The van der Waals surface area contributed by atoms with Crippen LogP contribution in [-0.2, 0) is 13.6 Å². The van der Waals surface area contributed by atoms with Crippen LogP contribution in [0.15, 0.2) is 47.7 Å². The smallest absolute Gasteiger partial charge is 0.336 e. The summed E-state index contributed by atoms with van der Waals surface area (Å²) in [6.07, 6.45) is 3.35. The van der Waals surface area contributed by atoms with E-state index in [1.807, 2.05) is 11.6 Å². The molecule has 106 valence electrons. The predicted octanol–water partition coefficient (Wildman–Crippen LogP) is 1.48. The van der Waals surface area contributed by atoms with E-state index in [1.54, 1.807) is 41.4 Å².